The molecule has 2 aromatic rings. The summed E-state index contributed by atoms with van der Waals surface area (Å²) in [4.78, 5) is 4.02. The van der Waals surface area contributed by atoms with E-state index in [0.29, 0.717) is 22.5 Å². The lowest BCUT2D eigenvalue weighted by molar-refractivity contribution is 0.296. The van der Waals surface area contributed by atoms with Crippen LogP contribution in [0.5, 0.6) is 0 Å². The van der Waals surface area contributed by atoms with Crippen molar-refractivity contribution in [2.75, 3.05) is 0 Å². The highest BCUT2D eigenvalue weighted by Crippen LogP contribution is 2.22. The maximum absolute atomic E-state index is 8.52. The standard InChI is InChI=1S/C7H8N6O3S/c1-3-9-4(11-15-3)2-17-7-5(6(8)10-14)12-16-13-7/h14H,2H2,1H3,(H2,8,10). The SMILES string of the molecule is Cc1nc(CSc2nonc2/C(N)=N/O)no1. The molecular weight excluding hydrogens is 248 g/mol. The van der Waals surface area contributed by atoms with E-state index in [-0.39, 0.29) is 11.5 Å². The number of nitrogens with two attached hydrogens (primary N) is 1. The zero-order chi connectivity index (χ0) is 12.3. The number of hydrogen-bond acceptors (Lipinski definition) is 9. The molecule has 0 radical (unpaired) electrons. The third-order valence-corrected chi connectivity index (χ3v) is 2.66. The van der Waals surface area contributed by atoms with Crippen LogP contribution in [-0.4, -0.2) is 31.5 Å². The van der Waals surface area contributed by atoms with Gasteiger partial charge in [-0.05, 0) is 10.3 Å². The first kappa shape index (κ1) is 11.4. The van der Waals surface area contributed by atoms with Gasteiger partial charge in [0.2, 0.25) is 5.89 Å². The Bertz CT molecular complexity index is 535. The van der Waals surface area contributed by atoms with Gasteiger partial charge in [0.15, 0.2) is 22.4 Å². The number of nitrogens with zero attached hydrogens (tertiary/aromatic N) is 5. The Hall–Kier alpha value is -2.10. The fraction of sp³-hybridized carbons (Fsp3) is 0.286. The van der Waals surface area contributed by atoms with Gasteiger partial charge in [-0.15, -0.1) is 0 Å². The van der Waals surface area contributed by atoms with Crippen molar-refractivity contribution in [1.29, 1.82) is 0 Å². The Morgan fingerprint density at radius 3 is 2.94 bits per heavy atom. The second kappa shape index (κ2) is 4.82. The van der Waals surface area contributed by atoms with E-state index < -0.39 is 0 Å². The van der Waals surface area contributed by atoms with E-state index in [4.69, 9.17) is 15.5 Å². The molecule has 0 aliphatic carbocycles. The lowest BCUT2D eigenvalue weighted by Crippen LogP contribution is -2.14. The largest absolute Gasteiger partial charge is 0.409 e. The number of oxime groups is 1. The molecule has 2 aromatic heterocycles. The van der Waals surface area contributed by atoms with Crippen molar-refractivity contribution in [3.05, 3.63) is 17.4 Å². The Labute approximate surface area is 99.0 Å². The monoisotopic (exact) mass is 256 g/mol. The molecule has 0 unspecified atom stereocenters. The Balaban J connectivity index is 2.07. The summed E-state index contributed by atoms with van der Waals surface area (Å²) in [5.74, 6) is 1.24. The van der Waals surface area contributed by atoms with Crippen molar-refractivity contribution >= 4 is 17.6 Å². The summed E-state index contributed by atoms with van der Waals surface area (Å²) in [6.45, 7) is 1.70. The molecule has 0 atom stereocenters. The van der Waals surface area contributed by atoms with Gasteiger partial charge < -0.3 is 15.5 Å². The molecule has 0 aromatic carbocycles. The van der Waals surface area contributed by atoms with Crippen LogP contribution in [0.3, 0.4) is 0 Å². The molecule has 0 aliphatic rings. The van der Waals surface area contributed by atoms with Gasteiger partial charge in [0.25, 0.3) is 0 Å². The topological polar surface area (TPSA) is 136 Å². The minimum atomic E-state index is -0.168. The molecule has 0 saturated heterocycles. The van der Waals surface area contributed by atoms with E-state index in [1.807, 2.05) is 0 Å². The molecule has 10 heteroatoms. The first-order valence-corrected chi connectivity index (χ1v) is 5.41. The summed E-state index contributed by atoms with van der Waals surface area (Å²) >= 11 is 1.24. The van der Waals surface area contributed by atoms with Gasteiger partial charge in [-0.25, -0.2) is 4.63 Å². The van der Waals surface area contributed by atoms with Gasteiger partial charge >= 0.3 is 0 Å². The van der Waals surface area contributed by atoms with Crippen LogP contribution in [0.2, 0.25) is 0 Å². The highest BCUT2D eigenvalue weighted by molar-refractivity contribution is 7.98. The molecule has 0 saturated carbocycles. The van der Waals surface area contributed by atoms with E-state index in [0.717, 1.165) is 0 Å². The van der Waals surface area contributed by atoms with Crippen LogP contribution in [0.25, 0.3) is 0 Å². The lowest BCUT2D eigenvalue weighted by Gasteiger charge is -1.94. The first-order valence-electron chi connectivity index (χ1n) is 4.43. The summed E-state index contributed by atoms with van der Waals surface area (Å²) in [6, 6.07) is 0. The van der Waals surface area contributed by atoms with E-state index in [2.05, 4.69) is 30.2 Å². The highest BCUT2D eigenvalue weighted by atomic mass is 32.2. The Kier molecular flexibility index (Phi) is 3.23. The Morgan fingerprint density at radius 1 is 1.47 bits per heavy atom. The number of hydrogen-bond donors (Lipinski definition) is 2. The minimum absolute atomic E-state index is 0.168. The maximum atomic E-state index is 8.52. The quantitative estimate of drug-likeness (QED) is 0.257. The fourth-order valence-electron chi connectivity index (χ4n) is 1.01. The van der Waals surface area contributed by atoms with Crippen molar-refractivity contribution in [2.45, 2.75) is 17.7 Å². The van der Waals surface area contributed by atoms with Crippen LogP contribution in [0, 0.1) is 6.92 Å². The average molecular weight is 256 g/mol. The van der Waals surface area contributed by atoms with Gasteiger partial charge in [-0.2, -0.15) is 4.98 Å². The smallest absolute Gasteiger partial charge is 0.223 e. The molecule has 0 bridgehead atoms. The summed E-state index contributed by atoms with van der Waals surface area (Å²) in [6.07, 6.45) is 0. The molecule has 0 fully saturated rings. The minimum Gasteiger partial charge on any atom is -0.409 e. The molecule has 17 heavy (non-hydrogen) atoms. The van der Waals surface area contributed by atoms with Gasteiger partial charge in [0, 0.05) is 6.92 Å². The second-order valence-corrected chi connectivity index (χ2v) is 3.89. The summed E-state index contributed by atoms with van der Waals surface area (Å²) in [5, 5.41) is 22.6. The normalized spacial score (nSPS) is 11.9. The predicted molar refractivity (Wildman–Crippen MR) is 55.4 cm³/mol. The van der Waals surface area contributed by atoms with Crippen LogP contribution < -0.4 is 5.73 Å². The van der Waals surface area contributed by atoms with E-state index in [1.165, 1.54) is 11.8 Å². The van der Waals surface area contributed by atoms with Crippen molar-refractivity contribution < 1.29 is 14.4 Å². The third-order valence-electron chi connectivity index (χ3n) is 1.72. The van der Waals surface area contributed by atoms with E-state index in [9.17, 15) is 0 Å². The zero-order valence-corrected chi connectivity index (χ0v) is 9.51. The number of amidine groups is 1. The van der Waals surface area contributed by atoms with Crippen LogP contribution >= 0.6 is 11.8 Å². The van der Waals surface area contributed by atoms with Crippen molar-refractivity contribution in [2.24, 2.45) is 10.9 Å². The maximum Gasteiger partial charge on any atom is 0.223 e. The van der Waals surface area contributed by atoms with Crippen LogP contribution in [-0.2, 0) is 5.75 Å². The van der Waals surface area contributed by atoms with Gasteiger partial charge in [0.05, 0.1) is 5.75 Å². The van der Waals surface area contributed by atoms with Crippen molar-refractivity contribution in [3.63, 3.8) is 0 Å². The average Bonchev–Trinajstić information content (AvgIpc) is 2.94. The molecular formula is C7H8N6O3S. The molecule has 2 heterocycles. The molecule has 3 N–H and O–H groups in total. The second-order valence-electron chi connectivity index (χ2n) is 2.92. The molecule has 90 valence electrons. The third kappa shape index (κ3) is 2.53. The molecule has 0 amide bonds. The molecule has 0 spiro atoms. The fourth-order valence-corrected chi connectivity index (χ4v) is 1.76. The zero-order valence-electron chi connectivity index (χ0n) is 8.69. The Morgan fingerprint density at radius 2 is 2.29 bits per heavy atom. The van der Waals surface area contributed by atoms with Gasteiger partial charge in [0.1, 0.15) is 0 Å². The van der Waals surface area contributed by atoms with Gasteiger partial charge in [-0.1, -0.05) is 22.1 Å². The summed E-state index contributed by atoms with van der Waals surface area (Å²) in [7, 11) is 0. The van der Waals surface area contributed by atoms with Crippen molar-refractivity contribution in [3.8, 4) is 0 Å². The number of aromatic nitrogens is 4. The van der Waals surface area contributed by atoms with Crippen LogP contribution in [0.1, 0.15) is 17.4 Å². The first-order chi connectivity index (χ1) is 8.20. The number of thioether (sulfide) groups is 1. The highest BCUT2D eigenvalue weighted by Gasteiger charge is 2.16. The summed E-state index contributed by atoms with van der Waals surface area (Å²) < 4.78 is 9.32. The van der Waals surface area contributed by atoms with E-state index >= 15 is 0 Å². The van der Waals surface area contributed by atoms with E-state index in [1.54, 1.807) is 6.92 Å². The van der Waals surface area contributed by atoms with Gasteiger partial charge in [-0.3, -0.25) is 0 Å². The van der Waals surface area contributed by atoms with Crippen LogP contribution in [0.4, 0.5) is 0 Å². The molecule has 0 aliphatic heterocycles. The molecule has 2 rings (SSSR count). The van der Waals surface area contributed by atoms with Crippen molar-refractivity contribution in [1.82, 2.24) is 20.5 Å². The number of rotatable bonds is 4. The molecule has 9 nitrogen and oxygen atoms in total. The number of aryl methyl sites for hydroxylation is 1. The predicted octanol–water partition coefficient (Wildman–Crippen LogP) is 0.148. The van der Waals surface area contributed by atoms with Crippen LogP contribution in [0.15, 0.2) is 19.3 Å². The summed E-state index contributed by atoms with van der Waals surface area (Å²) in [5.41, 5.74) is 5.57. The lowest BCUT2D eigenvalue weighted by atomic mass is 10.4.